The van der Waals surface area contributed by atoms with Crippen molar-refractivity contribution in [1.82, 2.24) is 14.4 Å². The Kier molecular flexibility index (Phi) is 8.75. The summed E-state index contributed by atoms with van der Waals surface area (Å²) in [4.78, 5) is 43.1. The number of hydrogen-bond acceptors (Lipinski definition) is 5. The minimum absolute atomic E-state index is 0.00235. The number of amides is 4. The molecule has 0 aliphatic carbocycles. The van der Waals surface area contributed by atoms with Gasteiger partial charge in [0.15, 0.2) is 0 Å². The number of nitrogens with zero attached hydrogens (tertiary/aromatic N) is 4. The lowest BCUT2D eigenvalue weighted by Crippen LogP contribution is -2.53. The number of aromatic nitrogens is 1. The number of hydrogen-bond donors (Lipinski definition) is 0. The van der Waals surface area contributed by atoms with E-state index in [0.29, 0.717) is 32.2 Å². The number of benzene rings is 1. The number of rotatable bonds is 8. The lowest BCUT2D eigenvalue weighted by Gasteiger charge is -2.34. The summed E-state index contributed by atoms with van der Waals surface area (Å²) in [5.41, 5.74) is 1.39. The molecule has 1 aromatic carbocycles. The van der Waals surface area contributed by atoms with Gasteiger partial charge in [-0.25, -0.2) is 14.5 Å². The predicted octanol–water partition coefficient (Wildman–Crippen LogP) is 5.76. The second-order valence-electron chi connectivity index (χ2n) is 12.9. The van der Waals surface area contributed by atoms with Crippen molar-refractivity contribution in [2.45, 2.75) is 77.9 Å². The highest BCUT2D eigenvalue weighted by Gasteiger charge is 2.34. The molecule has 3 heterocycles. The van der Waals surface area contributed by atoms with Gasteiger partial charge >= 0.3 is 12.1 Å². The number of fused-ring (bicyclic) bond motifs is 1. The third-order valence-electron chi connectivity index (χ3n) is 7.33. The molecule has 4 rings (SSSR count). The molecule has 0 saturated carbocycles. The van der Waals surface area contributed by atoms with Crippen molar-refractivity contribution in [3.63, 3.8) is 0 Å². The van der Waals surface area contributed by atoms with Gasteiger partial charge in [-0.3, -0.25) is 9.69 Å². The molecule has 0 unspecified atom stereocenters. The molecule has 10 heteroatoms. The standard InChI is InChI=1S/C29H44N4O5Si/c1-29(2,3)38-28(36)30-14-10-22(11-15-30)20-31-16-12-23-24(31)8-7-9-25(23)32-17-13-26(34)33(27(32)35)21-37-18-19-39(4,5)6/h7-9,12,16,22H,10-11,13-15,17-21H2,1-6H3. The van der Waals surface area contributed by atoms with Gasteiger partial charge in [-0.05, 0) is 63.8 Å². The fraction of sp³-hybridized carbons (Fsp3) is 0.621. The van der Waals surface area contributed by atoms with Crippen molar-refractivity contribution in [2.75, 3.05) is 37.9 Å². The average molecular weight is 557 g/mol. The zero-order valence-corrected chi connectivity index (χ0v) is 25.4. The quantitative estimate of drug-likeness (QED) is 0.305. The van der Waals surface area contributed by atoms with Crippen molar-refractivity contribution in [1.29, 1.82) is 0 Å². The van der Waals surface area contributed by atoms with Crippen LogP contribution >= 0.6 is 0 Å². The monoisotopic (exact) mass is 556 g/mol. The molecule has 0 bridgehead atoms. The van der Waals surface area contributed by atoms with Gasteiger partial charge in [-0.2, -0.15) is 0 Å². The van der Waals surface area contributed by atoms with Gasteiger partial charge in [0.05, 0.1) is 11.2 Å². The topological polar surface area (TPSA) is 84.3 Å². The van der Waals surface area contributed by atoms with Crippen molar-refractivity contribution in [3.05, 3.63) is 30.5 Å². The molecule has 39 heavy (non-hydrogen) atoms. The molecule has 2 saturated heterocycles. The summed E-state index contributed by atoms with van der Waals surface area (Å²) in [6.45, 7) is 15.6. The van der Waals surface area contributed by atoms with Crippen molar-refractivity contribution < 1.29 is 23.9 Å². The summed E-state index contributed by atoms with van der Waals surface area (Å²) >= 11 is 0. The minimum atomic E-state index is -1.26. The third kappa shape index (κ3) is 7.42. The maximum absolute atomic E-state index is 13.4. The van der Waals surface area contributed by atoms with Crippen LogP contribution in [0.5, 0.6) is 0 Å². The molecule has 2 fully saturated rings. The lowest BCUT2D eigenvalue weighted by molar-refractivity contribution is -0.133. The lowest BCUT2D eigenvalue weighted by atomic mass is 9.97. The summed E-state index contributed by atoms with van der Waals surface area (Å²) in [7, 11) is -1.26. The number of ether oxygens (including phenoxy) is 2. The maximum atomic E-state index is 13.4. The van der Waals surface area contributed by atoms with Gasteiger partial charge in [0.25, 0.3) is 0 Å². The van der Waals surface area contributed by atoms with E-state index in [4.69, 9.17) is 9.47 Å². The summed E-state index contributed by atoms with van der Waals surface area (Å²) in [6.07, 6.45) is 3.94. The Morgan fingerprint density at radius 2 is 1.77 bits per heavy atom. The van der Waals surface area contributed by atoms with Crippen LogP contribution < -0.4 is 4.90 Å². The Hall–Kier alpha value is -2.85. The molecule has 0 spiro atoms. The molecular weight excluding hydrogens is 512 g/mol. The number of carbonyl (C=O) groups is 3. The van der Waals surface area contributed by atoms with Crippen LogP contribution in [0, 0.1) is 5.92 Å². The molecule has 1 aromatic heterocycles. The van der Waals surface area contributed by atoms with E-state index in [-0.39, 0.29) is 31.2 Å². The normalized spacial score (nSPS) is 17.8. The first-order chi connectivity index (χ1) is 18.3. The Morgan fingerprint density at radius 1 is 1.05 bits per heavy atom. The van der Waals surface area contributed by atoms with Crippen molar-refractivity contribution in [3.8, 4) is 0 Å². The number of carbonyl (C=O) groups excluding carboxylic acids is 3. The van der Waals surface area contributed by atoms with Crippen molar-refractivity contribution >= 4 is 42.7 Å². The van der Waals surface area contributed by atoms with E-state index in [2.05, 4.69) is 42.5 Å². The van der Waals surface area contributed by atoms with E-state index in [1.54, 1.807) is 9.80 Å². The predicted molar refractivity (Wildman–Crippen MR) is 156 cm³/mol. The largest absolute Gasteiger partial charge is 0.444 e. The van der Waals surface area contributed by atoms with E-state index in [0.717, 1.165) is 42.0 Å². The Morgan fingerprint density at radius 3 is 2.44 bits per heavy atom. The summed E-state index contributed by atoms with van der Waals surface area (Å²) < 4.78 is 13.5. The van der Waals surface area contributed by atoms with E-state index in [1.807, 2.05) is 32.9 Å². The Balaban J connectivity index is 1.40. The fourth-order valence-electron chi connectivity index (χ4n) is 5.08. The minimum Gasteiger partial charge on any atom is -0.444 e. The molecule has 0 atom stereocenters. The number of imide groups is 1. The number of piperidine rings is 1. The smallest absolute Gasteiger partial charge is 0.410 e. The highest BCUT2D eigenvalue weighted by molar-refractivity contribution is 6.76. The number of urea groups is 1. The van der Waals surface area contributed by atoms with Crippen LogP contribution in [0.1, 0.15) is 40.0 Å². The van der Waals surface area contributed by atoms with E-state index >= 15 is 0 Å². The van der Waals surface area contributed by atoms with Crippen molar-refractivity contribution in [2.24, 2.45) is 5.92 Å². The first-order valence-electron chi connectivity index (χ1n) is 14.1. The fourth-order valence-corrected chi connectivity index (χ4v) is 5.84. The van der Waals surface area contributed by atoms with Crippen LogP contribution in [0.25, 0.3) is 10.9 Å². The number of anilines is 1. The Labute approximate surface area is 233 Å². The molecule has 9 nitrogen and oxygen atoms in total. The SMILES string of the molecule is CC(C)(C)OC(=O)N1CCC(Cn2ccc3c(N4CCC(=O)N(COCC[Si](C)(C)C)C4=O)cccc32)CC1. The highest BCUT2D eigenvalue weighted by Crippen LogP contribution is 2.32. The van der Waals surface area contributed by atoms with Gasteiger partial charge in [0.1, 0.15) is 12.3 Å². The molecule has 2 aromatic rings. The molecule has 0 N–H and O–H groups in total. The van der Waals surface area contributed by atoms with Crippen LogP contribution in [0.3, 0.4) is 0 Å². The van der Waals surface area contributed by atoms with Gasteiger partial charge < -0.3 is 18.9 Å². The van der Waals surface area contributed by atoms with E-state index < -0.39 is 13.7 Å². The summed E-state index contributed by atoms with van der Waals surface area (Å²) in [6, 6.07) is 8.71. The third-order valence-corrected chi connectivity index (χ3v) is 9.04. The first-order valence-corrected chi connectivity index (χ1v) is 17.8. The second kappa shape index (κ2) is 11.7. The molecule has 4 amide bonds. The van der Waals surface area contributed by atoms with Gasteiger partial charge in [-0.1, -0.05) is 25.7 Å². The molecule has 0 radical (unpaired) electrons. The van der Waals surface area contributed by atoms with E-state index in [1.165, 1.54) is 4.90 Å². The van der Waals surface area contributed by atoms with Gasteiger partial charge in [0, 0.05) is 58.9 Å². The summed E-state index contributed by atoms with van der Waals surface area (Å²) in [5.74, 6) is 0.257. The van der Waals surface area contributed by atoms with Crippen LogP contribution in [0.15, 0.2) is 30.5 Å². The van der Waals surface area contributed by atoms with Crippen LogP contribution in [0.2, 0.25) is 25.7 Å². The highest BCUT2D eigenvalue weighted by atomic mass is 28.3. The maximum Gasteiger partial charge on any atom is 0.410 e. The van der Waals surface area contributed by atoms with Crippen LogP contribution in [0.4, 0.5) is 15.3 Å². The zero-order chi connectivity index (χ0) is 28.4. The van der Waals surface area contributed by atoms with Gasteiger partial charge in [0.2, 0.25) is 5.91 Å². The van der Waals surface area contributed by atoms with Gasteiger partial charge in [-0.15, -0.1) is 0 Å². The number of likely N-dealkylation sites (tertiary alicyclic amines) is 1. The molecular formula is C29H44N4O5Si. The van der Waals surface area contributed by atoms with E-state index in [9.17, 15) is 14.4 Å². The average Bonchev–Trinajstić information content (AvgIpc) is 3.25. The molecule has 214 valence electrons. The Bertz CT molecular complexity index is 1190. The second-order valence-corrected chi connectivity index (χ2v) is 18.6. The first kappa shape index (κ1) is 29.1. The summed E-state index contributed by atoms with van der Waals surface area (Å²) in [5, 5.41) is 0.992. The van der Waals surface area contributed by atoms with Crippen LogP contribution in [-0.4, -0.2) is 79.0 Å². The molecule has 2 aliphatic rings. The zero-order valence-electron chi connectivity index (χ0n) is 24.4. The molecule has 2 aliphatic heterocycles. The van der Waals surface area contributed by atoms with Crippen LogP contribution in [-0.2, 0) is 20.8 Å².